The topological polar surface area (TPSA) is 77.1 Å². The highest BCUT2D eigenvalue weighted by molar-refractivity contribution is 5.70. The van der Waals surface area contributed by atoms with Crippen LogP contribution in [0.4, 0.5) is 13.2 Å². The first-order valence-corrected chi connectivity index (χ1v) is 11.1. The summed E-state index contributed by atoms with van der Waals surface area (Å²) in [4.78, 5) is 22.4. The van der Waals surface area contributed by atoms with Crippen molar-refractivity contribution in [1.82, 2.24) is 15.0 Å². The quantitative estimate of drug-likeness (QED) is 0.275. The third-order valence-corrected chi connectivity index (χ3v) is 5.07. The summed E-state index contributed by atoms with van der Waals surface area (Å²) < 4.78 is 49.3. The molecule has 3 aromatic rings. The summed E-state index contributed by atoms with van der Waals surface area (Å²) in [7, 11) is 0. The Hall–Kier alpha value is -3.36. The first-order valence-electron chi connectivity index (χ1n) is 11.1. The van der Waals surface area contributed by atoms with E-state index in [1.165, 1.54) is 6.20 Å². The van der Waals surface area contributed by atoms with E-state index < -0.39 is 11.9 Å². The van der Waals surface area contributed by atoms with Gasteiger partial charge in [0.1, 0.15) is 11.6 Å². The number of H-pyrrole nitrogens is 1. The summed E-state index contributed by atoms with van der Waals surface area (Å²) >= 11 is 0. The maximum absolute atomic E-state index is 12.7. The van der Waals surface area contributed by atoms with Crippen molar-refractivity contribution in [3.05, 3.63) is 54.5 Å². The van der Waals surface area contributed by atoms with E-state index in [1.54, 1.807) is 12.1 Å². The molecule has 0 saturated carbocycles. The molecule has 0 aliphatic heterocycles. The number of halogens is 3. The Morgan fingerprint density at radius 2 is 1.76 bits per heavy atom. The Morgan fingerprint density at radius 3 is 2.35 bits per heavy atom. The standard InChI is InChI=1S/C25H28F3N3O3/c1-4-5-12-33-22(32)13-24(2,3)16-34-19-9-6-17(7-10-19)20-11-8-18(14-29-20)23-30-15-21(31-23)25(26,27)28/h6-11,14-15H,4-5,12-13,16H2,1-3H3,(H,30,31). The lowest BCUT2D eigenvalue weighted by Crippen LogP contribution is -2.26. The number of aromatic nitrogens is 3. The smallest absolute Gasteiger partial charge is 0.434 e. The first-order chi connectivity index (χ1) is 16.1. The number of imidazole rings is 1. The minimum Gasteiger partial charge on any atom is -0.493 e. The van der Waals surface area contributed by atoms with Gasteiger partial charge >= 0.3 is 12.1 Å². The molecule has 0 saturated heterocycles. The molecule has 0 radical (unpaired) electrons. The molecule has 0 fully saturated rings. The van der Waals surface area contributed by atoms with E-state index in [4.69, 9.17) is 9.47 Å². The van der Waals surface area contributed by atoms with E-state index in [0.29, 0.717) is 30.2 Å². The summed E-state index contributed by atoms with van der Waals surface area (Å²) in [5.41, 5.74) is 0.589. The van der Waals surface area contributed by atoms with E-state index in [-0.39, 0.29) is 23.6 Å². The molecule has 34 heavy (non-hydrogen) atoms. The van der Waals surface area contributed by atoms with E-state index in [9.17, 15) is 18.0 Å². The van der Waals surface area contributed by atoms with Crippen molar-refractivity contribution in [1.29, 1.82) is 0 Å². The van der Waals surface area contributed by atoms with Gasteiger partial charge in [-0.3, -0.25) is 9.78 Å². The Balaban J connectivity index is 1.57. The molecule has 0 atom stereocenters. The number of pyridine rings is 1. The zero-order valence-corrected chi connectivity index (χ0v) is 19.4. The summed E-state index contributed by atoms with van der Waals surface area (Å²) in [6, 6.07) is 10.7. The zero-order valence-electron chi connectivity index (χ0n) is 19.4. The molecule has 182 valence electrons. The van der Waals surface area contributed by atoms with Crippen molar-refractivity contribution in [2.24, 2.45) is 5.41 Å². The Morgan fingerprint density at radius 1 is 1.06 bits per heavy atom. The van der Waals surface area contributed by atoms with Crippen LogP contribution in [0.1, 0.15) is 45.7 Å². The fraction of sp³-hybridized carbons (Fsp3) is 0.400. The molecule has 0 unspecified atom stereocenters. The van der Waals surface area contributed by atoms with Crippen LogP contribution in [0.3, 0.4) is 0 Å². The van der Waals surface area contributed by atoms with Crippen molar-refractivity contribution in [2.45, 2.75) is 46.2 Å². The number of carbonyl (C=O) groups is 1. The second-order valence-corrected chi connectivity index (χ2v) is 8.79. The Kier molecular flexibility index (Phi) is 7.96. The average molecular weight is 476 g/mol. The molecule has 6 nitrogen and oxygen atoms in total. The highest BCUT2D eigenvalue weighted by Crippen LogP contribution is 2.30. The predicted molar refractivity (Wildman–Crippen MR) is 122 cm³/mol. The molecular formula is C25H28F3N3O3. The third kappa shape index (κ3) is 7.07. The minimum absolute atomic E-state index is 0.104. The molecule has 9 heteroatoms. The van der Waals surface area contributed by atoms with Gasteiger partial charge in [-0.2, -0.15) is 13.2 Å². The summed E-state index contributed by atoms with van der Waals surface area (Å²) in [5, 5.41) is 0. The summed E-state index contributed by atoms with van der Waals surface area (Å²) in [5.74, 6) is 0.533. The number of unbranched alkanes of at least 4 members (excludes halogenated alkanes) is 1. The van der Waals surface area contributed by atoms with Crippen LogP contribution >= 0.6 is 0 Å². The van der Waals surface area contributed by atoms with Crippen molar-refractivity contribution >= 4 is 5.97 Å². The molecule has 0 bridgehead atoms. The number of benzene rings is 1. The van der Waals surface area contributed by atoms with Gasteiger partial charge in [-0.05, 0) is 42.8 Å². The van der Waals surface area contributed by atoms with Crippen molar-refractivity contribution in [2.75, 3.05) is 13.2 Å². The van der Waals surface area contributed by atoms with Crippen LogP contribution in [0, 0.1) is 5.41 Å². The summed E-state index contributed by atoms with van der Waals surface area (Å²) in [6.07, 6.45) is -0.0968. The minimum atomic E-state index is -4.50. The zero-order chi connectivity index (χ0) is 24.8. The van der Waals surface area contributed by atoms with E-state index in [1.807, 2.05) is 45.0 Å². The number of nitrogens with one attached hydrogen (secondary N) is 1. The summed E-state index contributed by atoms with van der Waals surface area (Å²) in [6.45, 7) is 6.73. The SMILES string of the molecule is CCCCOC(=O)CC(C)(C)COc1ccc(-c2ccc(-c3nc(C(F)(F)F)c[nH]3)cn2)cc1. The number of nitrogens with zero attached hydrogens (tertiary/aromatic N) is 2. The fourth-order valence-electron chi connectivity index (χ4n) is 3.14. The van der Waals surface area contributed by atoms with Crippen molar-refractivity contribution < 1.29 is 27.4 Å². The monoisotopic (exact) mass is 475 g/mol. The van der Waals surface area contributed by atoms with Crippen LogP contribution < -0.4 is 4.74 Å². The second-order valence-electron chi connectivity index (χ2n) is 8.79. The number of rotatable bonds is 10. The number of ether oxygens (including phenoxy) is 2. The largest absolute Gasteiger partial charge is 0.493 e. The molecule has 0 amide bonds. The molecule has 2 heterocycles. The normalized spacial score (nSPS) is 11.9. The van der Waals surface area contributed by atoms with Crippen molar-refractivity contribution in [3.8, 4) is 28.4 Å². The number of esters is 1. The molecule has 1 aromatic carbocycles. The number of aromatic amines is 1. The van der Waals surface area contributed by atoms with Gasteiger partial charge in [-0.15, -0.1) is 0 Å². The maximum atomic E-state index is 12.7. The molecule has 0 aliphatic rings. The number of hydrogen-bond donors (Lipinski definition) is 1. The Labute approximate surface area is 196 Å². The molecule has 0 spiro atoms. The van der Waals surface area contributed by atoms with Crippen LogP contribution in [-0.4, -0.2) is 34.1 Å². The van der Waals surface area contributed by atoms with E-state index in [2.05, 4.69) is 15.0 Å². The Bertz CT molecular complexity index is 1080. The van der Waals surface area contributed by atoms with E-state index in [0.717, 1.165) is 24.6 Å². The van der Waals surface area contributed by atoms with Crippen molar-refractivity contribution in [3.63, 3.8) is 0 Å². The van der Waals surface area contributed by atoms with Gasteiger partial charge in [0.05, 0.1) is 25.3 Å². The lowest BCUT2D eigenvalue weighted by atomic mass is 9.90. The lowest BCUT2D eigenvalue weighted by Gasteiger charge is -2.23. The number of alkyl halides is 3. The van der Waals surface area contributed by atoms with Crippen LogP contribution in [0.25, 0.3) is 22.6 Å². The van der Waals surface area contributed by atoms with Gasteiger partial charge in [0.2, 0.25) is 0 Å². The van der Waals surface area contributed by atoms with Crippen LogP contribution in [0.15, 0.2) is 48.8 Å². The third-order valence-electron chi connectivity index (χ3n) is 5.07. The maximum Gasteiger partial charge on any atom is 0.434 e. The molecule has 3 rings (SSSR count). The lowest BCUT2D eigenvalue weighted by molar-refractivity contribution is -0.146. The number of hydrogen-bond acceptors (Lipinski definition) is 5. The van der Waals surface area contributed by atoms with Crippen LogP contribution in [0.2, 0.25) is 0 Å². The van der Waals surface area contributed by atoms with Crippen LogP contribution in [-0.2, 0) is 15.7 Å². The van der Waals surface area contributed by atoms with Gasteiger partial charge in [-0.1, -0.05) is 27.2 Å². The highest BCUT2D eigenvalue weighted by Gasteiger charge is 2.33. The predicted octanol–water partition coefficient (Wildman–Crippen LogP) is 6.30. The highest BCUT2D eigenvalue weighted by atomic mass is 19.4. The molecule has 0 aliphatic carbocycles. The van der Waals surface area contributed by atoms with Gasteiger partial charge in [0, 0.05) is 28.9 Å². The molecular weight excluding hydrogens is 447 g/mol. The van der Waals surface area contributed by atoms with Gasteiger partial charge < -0.3 is 14.5 Å². The first kappa shape index (κ1) is 25.3. The van der Waals surface area contributed by atoms with Gasteiger partial charge in [0.25, 0.3) is 0 Å². The van der Waals surface area contributed by atoms with Crippen LogP contribution in [0.5, 0.6) is 5.75 Å². The number of carbonyl (C=O) groups excluding carboxylic acids is 1. The molecule has 1 N–H and O–H groups in total. The molecule has 2 aromatic heterocycles. The second kappa shape index (κ2) is 10.7. The van der Waals surface area contributed by atoms with Gasteiger partial charge in [0.15, 0.2) is 5.69 Å². The van der Waals surface area contributed by atoms with E-state index >= 15 is 0 Å². The average Bonchev–Trinajstić information content (AvgIpc) is 3.29. The fourth-order valence-corrected chi connectivity index (χ4v) is 3.14. The van der Waals surface area contributed by atoms with Gasteiger partial charge in [-0.25, -0.2) is 4.98 Å².